The lowest BCUT2D eigenvalue weighted by atomic mass is 10.1. The highest BCUT2D eigenvalue weighted by molar-refractivity contribution is 7.98. The molecule has 0 unspecified atom stereocenters. The Hall–Kier alpha value is -1.75. The number of anilines is 1. The van der Waals surface area contributed by atoms with Gasteiger partial charge in [-0.15, -0.1) is 0 Å². The molecular weight excluding hydrogens is 258 g/mol. The Balaban J connectivity index is 1.81. The zero-order chi connectivity index (χ0) is 13.5. The Bertz CT molecular complexity index is 519. The zero-order valence-electron chi connectivity index (χ0n) is 10.9. The van der Waals surface area contributed by atoms with Gasteiger partial charge in [-0.2, -0.15) is 4.98 Å². The second kappa shape index (κ2) is 6.99. The summed E-state index contributed by atoms with van der Waals surface area (Å²) in [6, 6.07) is 12.0. The van der Waals surface area contributed by atoms with E-state index in [1.807, 2.05) is 24.5 Å². The average Bonchev–Trinajstić information content (AvgIpc) is 2.44. The molecule has 1 heterocycles. The number of nitrogen functional groups attached to an aromatic ring is 1. The van der Waals surface area contributed by atoms with Crippen LogP contribution in [-0.4, -0.2) is 22.8 Å². The molecule has 1 aromatic carbocycles. The molecule has 2 rings (SSSR count). The quantitative estimate of drug-likeness (QED) is 0.499. The first-order chi connectivity index (χ1) is 9.28. The summed E-state index contributed by atoms with van der Waals surface area (Å²) in [5.41, 5.74) is 7.00. The van der Waals surface area contributed by atoms with Crippen LogP contribution in [0.15, 0.2) is 41.6 Å². The van der Waals surface area contributed by atoms with E-state index in [1.54, 1.807) is 6.07 Å². The van der Waals surface area contributed by atoms with E-state index in [2.05, 4.69) is 22.1 Å². The van der Waals surface area contributed by atoms with Crippen LogP contribution in [0.1, 0.15) is 12.0 Å². The average molecular weight is 275 g/mol. The van der Waals surface area contributed by atoms with Gasteiger partial charge < -0.3 is 10.5 Å². The SMILES string of the molecule is CSc1nc(N)cc(OCCCc2ccccc2)n1. The number of nitrogens with zero attached hydrogens (tertiary/aromatic N) is 2. The molecule has 0 aliphatic rings. The largest absolute Gasteiger partial charge is 0.477 e. The number of hydrogen-bond acceptors (Lipinski definition) is 5. The Labute approximate surface area is 117 Å². The standard InChI is InChI=1S/C14H17N3OS/c1-19-14-16-12(15)10-13(17-14)18-9-5-8-11-6-3-2-4-7-11/h2-4,6-7,10H,5,8-9H2,1H3,(H2,15,16,17). The van der Waals surface area contributed by atoms with Crippen LogP contribution < -0.4 is 10.5 Å². The number of rotatable bonds is 6. The van der Waals surface area contributed by atoms with Crippen LogP contribution in [0.3, 0.4) is 0 Å². The van der Waals surface area contributed by atoms with Crippen molar-refractivity contribution in [2.45, 2.75) is 18.0 Å². The summed E-state index contributed by atoms with van der Waals surface area (Å²) >= 11 is 1.45. The molecule has 0 fully saturated rings. The van der Waals surface area contributed by atoms with Gasteiger partial charge in [-0.25, -0.2) is 4.98 Å². The molecule has 0 radical (unpaired) electrons. The number of hydrogen-bond donors (Lipinski definition) is 1. The molecule has 0 aliphatic carbocycles. The van der Waals surface area contributed by atoms with Crippen molar-refractivity contribution in [2.75, 3.05) is 18.6 Å². The Morgan fingerprint density at radius 2 is 2.00 bits per heavy atom. The summed E-state index contributed by atoms with van der Waals surface area (Å²) in [5.74, 6) is 0.988. The molecule has 5 heteroatoms. The van der Waals surface area contributed by atoms with Gasteiger partial charge in [-0.05, 0) is 24.7 Å². The Morgan fingerprint density at radius 3 is 2.74 bits per heavy atom. The van der Waals surface area contributed by atoms with Crippen LogP contribution in [0.25, 0.3) is 0 Å². The van der Waals surface area contributed by atoms with E-state index >= 15 is 0 Å². The summed E-state index contributed by atoms with van der Waals surface area (Å²) in [6.07, 6.45) is 3.85. The highest BCUT2D eigenvalue weighted by Crippen LogP contribution is 2.17. The van der Waals surface area contributed by atoms with Crippen molar-refractivity contribution in [1.29, 1.82) is 0 Å². The lowest BCUT2D eigenvalue weighted by molar-refractivity contribution is 0.296. The van der Waals surface area contributed by atoms with Crippen LogP contribution in [-0.2, 0) is 6.42 Å². The molecule has 4 nitrogen and oxygen atoms in total. The second-order valence-corrected chi connectivity index (χ2v) is 4.83. The van der Waals surface area contributed by atoms with Crippen molar-refractivity contribution in [3.8, 4) is 5.88 Å². The maximum absolute atomic E-state index is 5.69. The second-order valence-electron chi connectivity index (χ2n) is 4.06. The zero-order valence-corrected chi connectivity index (χ0v) is 11.7. The minimum atomic E-state index is 0.442. The molecule has 2 N–H and O–H groups in total. The van der Waals surface area contributed by atoms with Gasteiger partial charge in [0.2, 0.25) is 5.88 Å². The van der Waals surface area contributed by atoms with Crippen LogP contribution in [0.2, 0.25) is 0 Å². The number of ether oxygens (including phenoxy) is 1. The maximum Gasteiger partial charge on any atom is 0.219 e. The van der Waals surface area contributed by atoms with E-state index in [-0.39, 0.29) is 0 Å². The number of aromatic nitrogens is 2. The Kier molecular flexibility index (Phi) is 5.03. The predicted molar refractivity (Wildman–Crippen MR) is 78.5 cm³/mol. The highest BCUT2D eigenvalue weighted by Gasteiger charge is 2.02. The van der Waals surface area contributed by atoms with Gasteiger partial charge in [-0.1, -0.05) is 42.1 Å². The number of nitrogens with two attached hydrogens (primary N) is 1. The molecule has 0 saturated carbocycles. The topological polar surface area (TPSA) is 61.0 Å². The fourth-order valence-corrected chi connectivity index (χ4v) is 2.06. The molecular formula is C14H17N3OS. The van der Waals surface area contributed by atoms with Gasteiger partial charge in [0.05, 0.1) is 6.61 Å². The molecule has 0 amide bonds. The number of thioether (sulfide) groups is 1. The van der Waals surface area contributed by atoms with Crippen molar-refractivity contribution in [1.82, 2.24) is 9.97 Å². The molecule has 0 bridgehead atoms. The smallest absolute Gasteiger partial charge is 0.219 e. The van der Waals surface area contributed by atoms with Gasteiger partial charge in [0.1, 0.15) is 5.82 Å². The van der Waals surface area contributed by atoms with E-state index < -0.39 is 0 Å². The van der Waals surface area contributed by atoms with Gasteiger partial charge in [0.15, 0.2) is 5.16 Å². The normalized spacial score (nSPS) is 10.4. The van der Waals surface area contributed by atoms with Crippen LogP contribution in [0.5, 0.6) is 5.88 Å². The van der Waals surface area contributed by atoms with E-state index in [0.29, 0.717) is 23.5 Å². The molecule has 2 aromatic rings. The molecule has 0 saturated heterocycles. The fraction of sp³-hybridized carbons (Fsp3) is 0.286. The van der Waals surface area contributed by atoms with E-state index in [1.165, 1.54) is 17.3 Å². The lowest BCUT2D eigenvalue weighted by Gasteiger charge is -2.07. The van der Waals surface area contributed by atoms with Crippen molar-refractivity contribution < 1.29 is 4.74 Å². The lowest BCUT2D eigenvalue weighted by Crippen LogP contribution is -2.03. The van der Waals surface area contributed by atoms with Gasteiger partial charge in [-0.3, -0.25) is 0 Å². The fourth-order valence-electron chi connectivity index (χ4n) is 1.68. The van der Waals surface area contributed by atoms with Crippen molar-refractivity contribution in [3.05, 3.63) is 42.0 Å². The maximum atomic E-state index is 5.69. The molecule has 1 aromatic heterocycles. The van der Waals surface area contributed by atoms with Crippen LogP contribution in [0.4, 0.5) is 5.82 Å². The van der Waals surface area contributed by atoms with Crippen LogP contribution in [0, 0.1) is 0 Å². The number of aryl methyl sites for hydroxylation is 1. The highest BCUT2D eigenvalue weighted by atomic mass is 32.2. The van der Waals surface area contributed by atoms with E-state index in [9.17, 15) is 0 Å². The summed E-state index contributed by atoms with van der Waals surface area (Å²) in [5, 5.41) is 0.637. The van der Waals surface area contributed by atoms with Gasteiger partial charge in [0.25, 0.3) is 0 Å². The van der Waals surface area contributed by atoms with Crippen molar-refractivity contribution >= 4 is 17.6 Å². The summed E-state index contributed by atoms with van der Waals surface area (Å²) in [4.78, 5) is 8.32. The van der Waals surface area contributed by atoms with Gasteiger partial charge >= 0.3 is 0 Å². The first-order valence-corrected chi connectivity index (χ1v) is 7.35. The molecule has 0 spiro atoms. The molecule has 0 aliphatic heterocycles. The molecule has 0 atom stereocenters. The van der Waals surface area contributed by atoms with Crippen molar-refractivity contribution in [2.24, 2.45) is 0 Å². The molecule has 100 valence electrons. The third-order valence-electron chi connectivity index (χ3n) is 2.59. The molecule has 19 heavy (non-hydrogen) atoms. The minimum absolute atomic E-state index is 0.442. The first kappa shape index (κ1) is 13.7. The third-order valence-corrected chi connectivity index (χ3v) is 3.13. The number of benzene rings is 1. The van der Waals surface area contributed by atoms with Crippen LogP contribution >= 0.6 is 11.8 Å². The van der Waals surface area contributed by atoms with E-state index in [4.69, 9.17) is 10.5 Å². The third kappa shape index (κ3) is 4.44. The monoisotopic (exact) mass is 275 g/mol. The van der Waals surface area contributed by atoms with Crippen molar-refractivity contribution in [3.63, 3.8) is 0 Å². The predicted octanol–water partition coefficient (Wildman–Crippen LogP) is 2.79. The summed E-state index contributed by atoms with van der Waals surface area (Å²) in [6.45, 7) is 0.624. The summed E-state index contributed by atoms with van der Waals surface area (Å²) < 4.78 is 5.61. The minimum Gasteiger partial charge on any atom is -0.477 e. The van der Waals surface area contributed by atoms with E-state index in [0.717, 1.165) is 12.8 Å². The Morgan fingerprint density at radius 1 is 1.21 bits per heavy atom. The summed E-state index contributed by atoms with van der Waals surface area (Å²) in [7, 11) is 0. The van der Waals surface area contributed by atoms with Gasteiger partial charge in [0, 0.05) is 6.07 Å². The first-order valence-electron chi connectivity index (χ1n) is 6.13.